The predicted molar refractivity (Wildman–Crippen MR) is 47.6 cm³/mol. The third-order valence-corrected chi connectivity index (χ3v) is 2.28. The molecule has 0 bridgehead atoms. The highest BCUT2D eigenvalue weighted by Crippen LogP contribution is 2.10. The molecule has 3 heteroatoms. The van der Waals surface area contributed by atoms with Crippen LogP contribution in [0.2, 0.25) is 0 Å². The van der Waals surface area contributed by atoms with Crippen molar-refractivity contribution in [3.8, 4) is 0 Å². The zero-order valence-electron chi connectivity index (χ0n) is 7.51. The molecular weight excluding hydrogens is 152 g/mol. The summed E-state index contributed by atoms with van der Waals surface area (Å²) in [5.74, 6) is 0.293. The minimum Gasteiger partial charge on any atom is -0.343 e. The number of carbonyl (C=O) groups excluding carboxylic acids is 1. The highest BCUT2D eigenvalue weighted by Gasteiger charge is 2.14. The van der Waals surface area contributed by atoms with Crippen molar-refractivity contribution >= 4 is 5.91 Å². The van der Waals surface area contributed by atoms with Crippen LogP contribution in [0.5, 0.6) is 0 Å². The Bertz CT molecular complexity index is 147. The normalized spacial score (nSPS) is 19.4. The molecule has 1 radical (unpaired) electrons. The quantitative estimate of drug-likeness (QED) is 0.623. The van der Waals surface area contributed by atoms with Crippen LogP contribution in [-0.2, 0) is 4.79 Å². The molecule has 0 spiro atoms. The summed E-state index contributed by atoms with van der Waals surface area (Å²) in [7, 11) is 0. The molecule has 1 aliphatic heterocycles. The molecule has 1 heterocycles. The Morgan fingerprint density at radius 1 is 1.33 bits per heavy atom. The summed E-state index contributed by atoms with van der Waals surface area (Å²) in [6, 6.07) is 0. The molecule has 3 nitrogen and oxygen atoms in total. The molecule has 0 saturated carbocycles. The molecule has 0 aromatic carbocycles. The van der Waals surface area contributed by atoms with Crippen LogP contribution in [0.1, 0.15) is 32.1 Å². The van der Waals surface area contributed by atoms with Crippen LogP contribution in [-0.4, -0.2) is 30.4 Å². The van der Waals surface area contributed by atoms with Gasteiger partial charge in [0, 0.05) is 26.1 Å². The van der Waals surface area contributed by atoms with Crippen LogP contribution in [0.3, 0.4) is 0 Å². The van der Waals surface area contributed by atoms with Gasteiger partial charge in [-0.15, -0.1) is 0 Å². The first-order valence-electron chi connectivity index (χ1n) is 4.77. The highest BCUT2D eigenvalue weighted by molar-refractivity contribution is 5.76. The Kier molecular flexibility index (Phi) is 4.08. The first-order valence-corrected chi connectivity index (χ1v) is 4.77. The second kappa shape index (κ2) is 5.14. The van der Waals surface area contributed by atoms with Gasteiger partial charge in [-0.2, -0.15) is 0 Å². The molecule has 0 atom stereocenters. The van der Waals surface area contributed by atoms with Crippen LogP contribution < -0.4 is 5.73 Å². The van der Waals surface area contributed by atoms with E-state index in [1.807, 2.05) is 4.90 Å². The monoisotopic (exact) mass is 169 g/mol. The van der Waals surface area contributed by atoms with Crippen LogP contribution in [0.25, 0.3) is 0 Å². The maximum Gasteiger partial charge on any atom is 0.222 e. The average molecular weight is 169 g/mol. The summed E-state index contributed by atoms with van der Waals surface area (Å²) in [6.45, 7) is 2.14. The number of nitrogens with one attached hydrogen (secondary N) is 1. The summed E-state index contributed by atoms with van der Waals surface area (Å²) in [5.41, 5.74) is 7.00. The van der Waals surface area contributed by atoms with Gasteiger partial charge in [0.2, 0.25) is 5.91 Å². The van der Waals surface area contributed by atoms with Gasteiger partial charge in [0.15, 0.2) is 0 Å². The summed E-state index contributed by atoms with van der Waals surface area (Å²) < 4.78 is 0. The molecule has 0 unspecified atom stereocenters. The van der Waals surface area contributed by atoms with Gasteiger partial charge in [-0.05, 0) is 19.3 Å². The van der Waals surface area contributed by atoms with Crippen molar-refractivity contribution in [3.63, 3.8) is 0 Å². The molecule has 1 fully saturated rings. The van der Waals surface area contributed by atoms with E-state index < -0.39 is 0 Å². The minimum atomic E-state index is 0.293. The van der Waals surface area contributed by atoms with Gasteiger partial charge in [0.05, 0.1) is 0 Å². The van der Waals surface area contributed by atoms with Crippen LogP contribution >= 0.6 is 0 Å². The Labute approximate surface area is 73.9 Å². The fourth-order valence-electron chi connectivity index (χ4n) is 1.54. The Morgan fingerprint density at radius 3 is 2.92 bits per heavy atom. The van der Waals surface area contributed by atoms with E-state index in [1.165, 1.54) is 6.42 Å². The maximum absolute atomic E-state index is 11.4. The standard InChI is InChI=1S/C9H17N2O/c10-6-4-8-11-7-3-1-2-5-9(11)12/h10H,1-8H2. The minimum absolute atomic E-state index is 0.293. The lowest BCUT2D eigenvalue weighted by atomic mass is 10.2. The van der Waals surface area contributed by atoms with E-state index >= 15 is 0 Å². The summed E-state index contributed by atoms with van der Waals surface area (Å²) >= 11 is 0. The highest BCUT2D eigenvalue weighted by atomic mass is 16.2. The van der Waals surface area contributed by atoms with Gasteiger partial charge >= 0.3 is 0 Å². The van der Waals surface area contributed by atoms with Crippen molar-refractivity contribution < 1.29 is 4.79 Å². The third kappa shape index (κ3) is 2.81. The van der Waals surface area contributed by atoms with Gasteiger partial charge in [0.1, 0.15) is 0 Å². The average Bonchev–Trinajstić information content (AvgIpc) is 2.27. The third-order valence-electron chi connectivity index (χ3n) is 2.28. The summed E-state index contributed by atoms with van der Waals surface area (Å²) in [6.07, 6.45) is 4.92. The second-order valence-electron chi connectivity index (χ2n) is 3.30. The van der Waals surface area contributed by atoms with Gasteiger partial charge in [-0.25, -0.2) is 0 Å². The van der Waals surface area contributed by atoms with E-state index in [-0.39, 0.29) is 0 Å². The van der Waals surface area contributed by atoms with E-state index in [2.05, 4.69) is 0 Å². The molecule has 0 aromatic heterocycles. The first kappa shape index (κ1) is 9.52. The van der Waals surface area contributed by atoms with Crippen molar-refractivity contribution in [1.82, 2.24) is 10.6 Å². The van der Waals surface area contributed by atoms with E-state index in [0.29, 0.717) is 12.5 Å². The topological polar surface area (TPSA) is 44.1 Å². The lowest BCUT2D eigenvalue weighted by Gasteiger charge is -2.19. The number of hydrogen-bond acceptors (Lipinski definition) is 1. The van der Waals surface area contributed by atoms with E-state index in [1.54, 1.807) is 0 Å². The zero-order chi connectivity index (χ0) is 8.81. The van der Waals surface area contributed by atoms with Gasteiger partial charge in [-0.3, -0.25) is 10.5 Å². The number of carbonyl (C=O) groups is 1. The molecule has 0 aliphatic carbocycles. The van der Waals surface area contributed by atoms with Gasteiger partial charge in [0.25, 0.3) is 0 Å². The first-order chi connectivity index (χ1) is 5.84. The van der Waals surface area contributed by atoms with Crippen LogP contribution in [0.4, 0.5) is 0 Å². The van der Waals surface area contributed by atoms with Gasteiger partial charge < -0.3 is 4.90 Å². The SMILES string of the molecule is [NH]CCCN1CCCCCC1=O. The number of rotatable bonds is 3. The van der Waals surface area contributed by atoms with Crippen LogP contribution in [0.15, 0.2) is 0 Å². The van der Waals surface area contributed by atoms with E-state index in [0.717, 1.165) is 38.8 Å². The summed E-state index contributed by atoms with van der Waals surface area (Å²) in [4.78, 5) is 13.3. The zero-order valence-corrected chi connectivity index (χ0v) is 7.51. The maximum atomic E-state index is 11.4. The molecule has 1 rings (SSSR count). The van der Waals surface area contributed by atoms with Crippen molar-refractivity contribution in [2.24, 2.45) is 0 Å². The second-order valence-corrected chi connectivity index (χ2v) is 3.30. The summed E-state index contributed by atoms with van der Waals surface area (Å²) in [5, 5.41) is 0. The smallest absolute Gasteiger partial charge is 0.222 e. The molecule has 1 aliphatic rings. The van der Waals surface area contributed by atoms with E-state index in [9.17, 15) is 4.79 Å². The molecule has 1 N–H and O–H groups in total. The predicted octanol–water partition coefficient (Wildman–Crippen LogP) is 1.06. The molecule has 1 saturated heterocycles. The fourth-order valence-corrected chi connectivity index (χ4v) is 1.54. The van der Waals surface area contributed by atoms with Crippen LogP contribution in [0, 0.1) is 0 Å². The molecule has 0 aromatic rings. The van der Waals surface area contributed by atoms with Crippen molar-refractivity contribution in [1.29, 1.82) is 0 Å². The Hall–Kier alpha value is -0.570. The number of likely N-dealkylation sites (tertiary alicyclic amines) is 1. The molecule has 12 heavy (non-hydrogen) atoms. The fraction of sp³-hybridized carbons (Fsp3) is 0.889. The molecular formula is C9H17N2O. The number of hydrogen-bond donors (Lipinski definition) is 0. The number of amides is 1. The van der Waals surface area contributed by atoms with Crippen molar-refractivity contribution in [3.05, 3.63) is 0 Å². The van der Waals surface area contributed by atoms with Crippen molar-refractivity contribution in [2.75, 3.05) is 19.6 Å². The Balaban J connectivity index is 2.31. The Morgan fingerprint density at radius 2 is 2.17 bits per heavy atom. The number of nitrogens with zero attached hydrogens (tertiary/aromatic N) is 1. The van der Waals surface area contributed by atoms with E-state index in [4.69, 9.17) is 5.73 Å². The lowest BCUT2D eigenvalue weighted by molar-refractivity contribution is -0.130. The lowest BCUT2D eigenvalue weighted by Crippen LogP contribution is -2.31. The molecule has 69 valence electrons. The van der Waals surface area contributed by atoms with Crippen molar-refractivity contribution in [2.45, 2.75) is 32.1 Å². The molecule has 1 amide bonds. The largest absolute Gasteiger partial charge is 0.343 e. The van der Waals surface area contributed by atoms with Gasteiger partial charge in [-0.1, -0.05) is 6.42 Å².